The van der Waals surface area contributed by atoms with Crippen molar-refractivity contribution in [2.75, 3.05) is 31.1 Å². The molecule has 4 aliphatic heterocycles. The summed E-state index contributed by atoms with van der Waals surface area (Å²) in [5.41, 5.74) is 3.09. The fourth-order valence-electron chi connectivity index (χ4n) is 6.87. The molecule has 2 amide bonds. The number of aromatic nitrogens is 1. The molecule has 0 saturated carbocycles. The highest BCUT2D eigenvalue weighted by atomic mass is 16.8. The van der Waals surface area contributed by atoms with E-state index in [1.54, 1.807) is 23.1 Å². The lowest BCUT2D eigenvalue weighted by molar-refractivity contribution is -0.991. The van der Waals surface area contributed by atoms with Crippen LogP contribution >= 0.6 is 0 Å². The van der Waals surface area contributed by atoms with Gasteiger partial charge in [-0.1, -0.05) is 6.07 Å². The van der Waals surface area contributed by atoms with E-state index in [0.717, 1.165) is 36.3 Å². The van der Waals surface area contributed by atoms with Crippen molar-refractivity contribution < 1.29 is 20.0 Å². The number of rotatable bonds is 5. The van der Waals surface area contributed by atoms with Crippen molar-refractivity contribution in [2.24, 2.45) is 11.8 Å². The first kappa shape index (κ1) is 23.2. The van der Waals surface area contributed by atoms with Crippen molar-refractivity contribution in [3.05, 3.63) is 63.2 Å². The number of hydrogen-bond acceptors (Lipinski definition) is 6. The normalized spacial score (nSPS) is 27.2. The maximum atomic E-state index is 13.6. The van der Waals surface area contributed by atoms with E-state index in [1.165, 1.54) is 0 Å². The van der Waals surface area contributed by atoms with Gasteiger partial charge in [0, 0.05) is 80.7 Å². The zero-order valence-electron chi connectivity index (χ0n) is 20.1. The largest absolute Gasteiger partial charge is 0.595 e. The van der Waals surface area contributed by atoms with Crippen LogP contribution in [0.2, 0.25) is 0 Å². The molecule has 190 valence electrons. The van der Waals surface area contributed by atoms with Gasteiger partial charge in [-0.2, -0.15) is 5.23 Å². The second-order valence-corrected chi connectivity index (χ2v) is 10.5. The third-order valence-electron chi connectivity index (χ3n) is 8.44. The third-order valence-corrected chi connectivity index (χ3v) is 8.44. The number of nitrogens with one attached hydrogen (secondary N) is 2. The highest BCUT2D eigenvalue weighted by molar-refractivity contribution is 5.82. The molecule has 0 spiro atoms. The van der Waals surface area contributed by atoms with E-state index >= 15 is 0 Å². The van der Waals surface area contributed by atoms with Gasteiger partial charge in [-0.3, -0.25) is 14.4 Å². The summed E-state index contributed by atoms with van der Waals surface area (Å²) in [7, 11) is 0. The first-order chi connectivity index (χ1) is 17.4. The maximum Gasteiger partial charge on any atom is 0.250 e. The van der Waals surface area contributed by atoms with Crippen molar-refractivity contribution in [1.82, 2.24) is 14.8 Å². The van der Waals surface area contributed by atoms with Crippen molar-refractivity contribution in [2.45, 2.75) is 44.2 Å². The van der Waals surface area contributed by atoms with Crippen LogP contribution in [0.15, 0.2) is 41.2 Å². The molecule has 0 aliphatic carbocycles. The van der Waals surface area contributed by atoms with Gasteiger partial charge in [-0.25, -0.2) is 5.21 Å². The van der Waals surface area contributed by atoms with E-state index in [0.29, 0.717) is 39.0 Å². The number of carbonyl (C=O) groups is 2. The summed E-state index contributed by atoms with van der Waals surface area (Å²) in [6, 6.07) is 10.5. The second kappa shape index (κ2) is 9.02. The number of quaternary nitrogens is 1. The van der Waals surface area contributed by atoms with Crippen LogP contribution in [0.1, 0.15) is 36.4 Å². The topological polar surface area (TPSA) is 122 Å². The molecule has 2 saturated heterocycles. The Morgan fingerprint density at radius 1 is 1.19 bits per heavy atom. The molecule has 0 radical (unpaired) electrons. The Bertz CT molecular complexity index is 1260. The minimum atomic E-state index is -0.986. The Morgan fingerprint density at radius 2 is 2.06 bits per heavy atom. The number of carbonyl (C=O) groups excluding carboxylic acids is 2. The average molecular weight is 494 g/mol. The van der Waals surface area contributed by atoms with E-state index in [4.69, 9.17) is 0 Å². The predicted octanol–water partition coefficient (Wildman–Crippen LogP) is 0.155. The Kier molecular flexibility index (Phi) is 5.82. The lowest BCUT2D eigenvalue weighted by Gasteiger charge is -2.54. The summed E-state index contributed by atoms with van der Waals surface area (Å²) in [5.74, 6) is -0.0216. The summed E-state index contributed by atoms with van der Waals surface area (Å²) < 4.78 is 1.87. The minimum Gasteiger partial charge on any atom is -0.595 e. The molecule has 3 unspecified atom stereocenters. The lowest BCUT2D eigenvalue weighted by atomic mass is 9.70. The van der Waals surface area contributed by atoms with Crippen molar-refractivity contribution >= 4 is 23.2 Å². The molecule has 1 aromatic heterocycles. The molecular formula is C26H31N5O5. The van der Waals surface area contributed by atoms with Gasteiger partial charge in [-0.15, -0.1) is 0 Å². The Hall–Kier alpha value is -3.21. The first-order valence-electron chi connectivity index (χ1n) is 12.8. The van der Waals surface area contributed by atoms with Crippen LogP contribution in [-0.4, -0.2) is 58.7 Å². The molecule has 36 heavy (non-hydrogen) atoms. The minimum absolute atomic E-state index is 0.00533. The number of amides is 2. The molecule has 5 heterocycles. The van der Waals surface area contributed by atoms with Gasteiger partial charge in [-0.05, 0) is 42.9 Å². The SMILES string of the molecule is O=C(NCCN1CCCC1=O)[C@@H]1Cc2cc([NH+]([O-])O)ccc2N2CC3CC(Cn4c3cccc4=O)[C@@H]12. The number of nitrogens with zero attached hydrogens (tertiary/aromatic N) is 3. The van der Waals surface area contributed by atoms with Gasteiger partial charge in [0.2, 0.25) is 11.8 Å². The summed E-state index contributed by atoms with van der Waals surface area (Å²) in [6.45, 7) is 2.87. The Balaban J connectivity index is 1.31. The Labute approximate surface area is 208 Å². The molecule has 6 rings (SSSR count). The van der Waals surface area contributed by atoms with Gasteiger partial charge in [0.05, 0.1) is 5.92 Å². The molecule has 2 aromatic rings. The van der Waals surface area contributed by atoms with Crippen molar-refractivity contribution in [3.8, 4) is 0 Å². The number of anilines is 1. The van der Waals surface area contributed by atoms with Crippen LogP contribution in [0.5, 0.6) is 0 Å². The van der Waals surface area contributed by atoms with Crippen molar-refractivity contribution in [3.63, 3.8) is 0 Å². The maximum absolute atomic E-state index is 13.6. The lowest BCUT2D eigenvalue weighted by Crippen LogP contribution is -2.99. The van der Waals surface area contributed by atoms with Gasteiger partial charge < -0.3 is 24.9 Å². The summed E-state index contributed by atoms with van der Waals surface area (Å²) in [4.78, 5) is 42.3. The highest BCUT2D eigenvalue weighted by Gasteiger charge is 2.49. The number of piperidine rings is 1. The summed E-state index contributed by atoms with van der Waals surface area (Å²) >= 11 is 0. The molecule has 4 aliphatic rings. The molecule has 1 aromatic carbocycles. The van der Waals surface area contributed by atoms with E-state index in [2.05, 4.69) is 10.2 Å². The number of fused-ring (bicyclic) bond motifs is 8. The van der Waals surface area contributed by atoms with E-state index in [-0.39, 0.29) is 46.9 Å². The standard InChI is InChI=1S/C26H31N5O5/c32-23-5-2-9-28(23)10-8-27-26(34)20-13-16-12-19(31(35)36)6-7-22(16)30-14-17-11-18(25(20)30)15-29-21(17)3-1-4-24(29)33/h1,3-4,6-7,12,17-18,20,25,31,35H,2,5,8-11,13-15H2,(H,27,34)/t17?,18?,20-,25+/m1/s1. The van der Waals surface area contributed by atoms with Crippen molar-refractivity contribution in [1.29, 1.82) is 0 Å². The third kappa shape index (κ3) is 3.89. The first-order valence-corrected chi connectivity index (χ1v) is 12.8. The molecule has 5 atom stereocenters. The second-order valence-electron chi connectivity index (χ2n) is 10.5. The van der Waals surface area contributed by atoms with E-state index in [1.807, 2.05) is 22.8 Å². The molecule has 2 bridgehead atoms. The van der Waals surface area contributed by atoms with Crippen LogP contribution < -0.4 is 21.0 Å². The fourth-order valence-corrected chi connectivity index (χ4v) is 6.87. The molecule has 2 fully saturated rings. The zero-order chi connectivity index (χ0) is 25.0. The summed E-state index contributed by atoms with van der Waals surface area (Å²) in [6.07, 6.45) is 2.79. The van der Waals surface area contributed by atoms with Crippen LogP contribution in [0, 0.1) is 17.0 Å². The molecular weight excluding hydrogens is 462 g/mol. The number of likely N-dealkylation sites (tertiary alicyclic amines) is 1. The smallest absolute Gasteiger partial charge is 0.250 e. The van der Waals surface area contributed by atoms with Crippen LogP contribution in [0.3, 0.4) is 0 Å². The monoisotopic (exact) mass is 493 g/mol. The molecule has 10 nitrogen and oxygen atoms in total. The quantitative estimate of drug-likeness (QED) is 0.510. The van der Waals surface area contributed by atoms with Gasteiger partial charge in [0.15, 0.2) is 5.69 Å². The predicted molar refractivity (Wildman–Crippen MR) is 131 cm³/mol. The summed E-state index contributed by atoms with van der Waals surface area (Å²) in [5, 5.41) is 23.3. The van der Waals surface area contributed by atoms with Gasteiger partial charge in [0.25, 0.3) is 5.56 Å². The molecule has 10 heteroatoms. The molecule has 3 N–H and O–H groups in total. The zero-order valence-corrected chi connectivity index (χ0v) is 20.1. The number of pyridine rings is 1. The van der Waals surface area contributed by atoms with Gasteiger partial charge in [0.1, 0.15) is 0 Å². The highest BCUT2D eigenvalue weighted by Crippen LogP contribution is 2.47. The number of benzene rings is 1. The van der Waals surface area contributed by atoms with Gasteiger partial charge >= 0.3 is 0 Å². The number of hydrogen-bond donors (Lipinski definition) is 3. The average Bonchev–Trinajstić information content (AvgIpc) is 3.28. The van der Waals surface area contributed by atoms with Crippen LogP contribution in [-0.2, 0) is 22.6 Å². The Morgan fingerprint density at radius 3 is 2.83 bits per heavy atom. The van der Waals surface area contributed by atoms with E-state index < -0.39 is 5.23 Å². The van der Waals surface area contributed by atoms with Crippen LogP contribution in [0.25, 0.3) is 0 Å². The van der Waals surface area contributed by atoms with Crippen LogP contribution in [0.4, 0.5) is 11.4 Å². The fraction of sp³-hybridized carbons (Fsp3) is 0.500. The van der Waals surface area contributed by atoms with E-state index in [9.17, 15) is 24.8 Å².